The molecule has 7 heteroatoms. The molecule has 2 aromatic rings. The molecule has 0 amide bonds. The van der Waals surface area contributed by atoms with Crippen molar-refractivity contribution in [1.82, 2.24) is 25.0 Å². The maximum atomic E-state index is 4.84. The van der Waals surface area contributed by atoms with Crippen molar-refractivity contribution in [3.05, 3.63) is 42.0 Å². The number of thioether (sulfide) groups is 1. The number of nitrogens with one attached hydrogen (secondary N) is 1. The van der Waals surface area contributed by atoms with Gasteiger partial charge in [-0.3, -0.25) is 4.99 Å². The Bertz CT molecular complexity index is 710. The van der Waals surface area contributed by atoms with Gasteiger partial charge in [0.2, 0.25) is 0 Å². The third-order valence-corrected chi connectivity index (χ3v) is 5.29. The van der Waals surface area contributed by atoms with Crippen molar-refractivity contribution in [2.24, 2.45) is 4.99 Å². The lowest BCUT2D eigenvalue weighted by atomic mass is 10.2. The molecule has 148 valence electrons. The average Bonchev–Trinajstić information content (AvgIpc) is 3.15. The Balaban J connectivity index is 2.04. The van der Waals surface area contributed by atoms with Crippen molar-refractivity contribution in [3.8, 4) is 0 Å². The van der Waals surface area contributed by atoms with Gasteiger partial charge in [-0.2, -0.15) is 0 Å². The molecule has 1 N–H and O–H groups in total. The Morgan fingerprint density at radius 1 is 1.30 bits per heavy atom. The molecule has 0 aliphatic heterocycles. The second-order valence-electron chi connectivity index (χ2n) is 6.66. The smallest absolute Gasteiger partial charge is 0.194 e. The van der Waals surface area contributed by atoms with Crippen LogP contribution in [0.2, 0.25) is 0 Å². The monoisotopic (exact) mass is 388 g/mol. The van der Waals surface area contributed by atoms with Crippen molar-refractivity contribution < 1.29 is 0 Å². The summed E-state index contributed by atoms with van der Waals surface area (Å²) in [6, 6.07) is 9.10. The molecule has 0 saturated carbocycles. The molecule has 0 aliphatic carbocycles. The maximum Gasteiger partial charge on any atom is 0.194 e. The molecule has 0 aliphatic rings. The van der Waals surface area contributed by atoms with E-state index in [0.717, 1.165) is 37.7 Å². The predicted molar refractivity (Wildman–Crippen MR) is 114 cm³/mol. The summed E-state index contributed by atoms with van der Waals surface area (Å²) in [6.07, 6.45) is 5.82. The van der Waals surface area contributed by atoms with E-state index in [0.29, 0.717) is 12.6 Å². The lowest BCUT2D eigenvalue weighted by Gasteiger charge is -2.25. The minimum Gasteiger partial charge on any atom is -0.354 e. The fraction of sp³-hybridized carbons (Fsp3) is 0.550. The van der Waals surface area contributed by atoms with E-state index in [2.05, 4.69) is 83.3 Å². The van der Waals surface area contributed by atoms with E-state index in [1.165, 1.54) is 10.5 Å². The number of rotatable bonds is 9. The quantitative estimate of drug-likeness (QED) is 0.405. The van der Waals surface area contributed by atoms with Gasteiger partial charge in [0, 0.05) is 37.5 Å². The fourth-order valence-electron chi connectivity index (χ4n) is 2.68. The molecule has 27 heavy (non-hydrogen) atoms. The maximum absolute atomic E-state index is 4.84. The summed E-state index contributed by atoms with van der Waals surface area (Å²) in [7, 11) is 2.09. The van der Waals surface area contributed by atoms with Gasteiger partial charge < -0.3 is 14.8 Å². The van der Waals surface area contributed by atoms with Gasteiger partial charge in [0.05, 0.1) is 6.54 Å². The van der Waals surface area contributed by atoms with E-state index >= 15 is 0 Å². The van der Waals surface area contributed by atoms with Gasteiger partial charge in [0.15, 0.2) is 5.96 Å². The third-order valence-electron chi connectivity index (χ3n) is 4.54. The van der Waals surface area contributed by atoms with Crippen molar-refractivity contribution in [3.63, 3.8) is 0 Å². The van der Waals surface area contributed by atoms with Gasteiger partial charge in [-0.15, -0.1) is 22.0 Å². The van der Waals surface area contributed by atoms with Gasteiger partial charge >= 0.3 is 0 Å². The summed E-state index contributed by atoms with van der Waals surface area (Å²) in [6.45, 7) is 8.77. The highest BCUT2D eigenvalue weighted by atomic mass is 32.2. The third kappa shape index (κ3) is 6.57. The highest BCUT2D eigenvalue weighted by molar-refractivity contribution is 7.98. The number of nitrogens with zero attached hydrogens (tertiary/aromatic N) is 5. The normalized spacial score (nSPS) is 12.9. The lowest BCUT2D eigenvalue weighted by molar-refractivity contribution is 0.458. The number of benzene rings is 1. The first-order chi connectivity index (χ1) is 13.1. The second kappa shape index (κ2) is 11.0. The first-order valence-electron chi connectivity index (χ1n) is 9.59. The minimum absolute atomic E-state index is 0.381. The Kier molecular flexibility index (Phi) is 8.64. The lowest BCUT2D eigenvalue weighted by Crippen LogP contribution is -2.43. The Morgan fingerprint density at radius 3 is 2.67 bits per heavy atom. The Labute approximate surface area is 167 Å². The topological polar surface area (TPSA) is 58.3 Å². The van der Waals surface area contributed by atoms with Crippen LogP contribution in [0.15, 0.2) is 40.5 Å². The van der Waals surface area contributed by atoms with Crippen molar-refractivity contribution in [2.75, 3.05) is 19.8 Å². The molecule has 0 fully saturated rings. The van der Waals surface area contributed by atoms with Gasteiger partial charge in [-0.1, -0.05) is 26.0 Å². The Morgan fingerprint density at radius 2 is 2.04 bits per heavy atom. The summed E-state index contributed by atoms with van der Waals surface area (Å²) in [4.78, 5) is 8.32. The van der Waals surface area contributed by atoms with Crippen LogP contribution in [0.1, 0.15) is 38.6 Å². The van der Waals surface area contributed by atoms with Crippen LogP contribution >= 0.6 is 11.8 Å². The number of guanidine groups is 1. The van der Waals surface area contributed by atoms with Gasteiger partial charge in [0.25, 0.3) is 0 Å². The molecule has 0 spiro atoms. The van der Waals surface area contributed by atoms with E-state index in [-0.39, 0.29) is 0 Å². The molecule has 1 heterocycles. The highest BCUT2D eigenvalue weighted by Crippen LogP contribution is 2.15. The van der Waals surface area contributed by atoms with Gasteiger partial charge in [-0.25, -0.2) is 0 Å². The van der Waals surface area contributed by atoms with E-state index in [4.69, 9.17) is 4.99 Å². The zero-order valence-electron chi connectivity index (χ0n) is 17.1. The first-order valence-corrected chi connectivity index (χ1v) is 10.8. The molecule has 1 aromatic carbocycles. The summed E-state index contributed by atoms with van der Waals surface area (Å²) in [5, 5.41) is 11.7. The minimum atomic E-state index is 0.381. The van der Waals surface area contributed by atoms with Crippen LogP contribution in [-0.4, -0.2) is 51.5 Å². The summed E-state index contributed by atoms with van der Waals surface area (Å²) in [5.41, 5.74) is 1.28. The predicted octanol–water partition coefficient (Wildman–Crippen LogP) is 3.44. The number of hydrogen-bond donors (Lipinski definition) is 1. The van der Waals surface area contributed by atoms with Gasteiger partial charge in [0.1, 0.15) is 12.2 Å². The molecular weight excluding hydrogens is 356 g/mol. The largest absolute Gasteiger partial charge is 0.354 e. The zero-order chi connectivity index (χ0) is 19.6. The van der Waals surface area contributed by atoms with Crippen LogP contribution in [0.4, 0.5) is 0 Å². The first kappa shape index (κ1) is 21.3. The molecule has 2 rings (SSSR count). The standard InChI is InChI=1S/C20H32N6S/c1-6-16(3)23-20(21-12-13-26-15-22-24-19(26)7-2)25(4)14-17-8-10-18(27-5)11-9-17/h8-11,15-16H,6-7,12-14H2,1-5H3,(H,21,23). The molecule has 6 nitrogen and oxygen atoms in total. The van der Waals surface area contributed by atoms with Crippen molar-refractivity contribution in [2.45, 2.75) is 57.6 Å². The van der Waals surface area contributed by atoms with E-state index in [9.17, 15) is 0 Å². The zero-order valence-corrected chi connectivity index (χ0v) is 18.0. The summed E-state index contributed by atoms with van der Waals surface area (Å²) in [5.74, 6) is 1.94. The van der Waals surface area contributed by atoms with Crippen LogP contribution in [0.25, 0.3) is 0 Å². The molecule has 0 radical (unpaired) electrons. The fourth-order valence-corrected chi connectivity index (χ4v) is 3.09. The van der Waals surface area contributed by atoms with Crippen molar-refractivity contribution in [1.29, 1.82) is 0 Å². The van der Waals surface area contributed by atoms with Crippen LogP contribution in [0, 0.1) is 0 Å². The van der Waals surface area contributed by atoms with Gasteiger partial charge in [-0.05, 0) is 37.3 Å². The SMILES string of the molecule is CCc1nncn1CCN=C(NC(C)CC)N(C)Cc1ccc(SC)cc1. The highest BCUT2D eigenvalue weighted by Gasteiger charge is 2.10. The molecule has 1 aromatic heterocycles. The number of hydrogen-bond acceptors (Lipinski definition) is 4. The van der Waals surface area contributed by atoms with E-state index < -0.39 is 0 Å². The average molecular weight is 389 g/mol. The molecular formula is C20H32N6S. The van der Waals surface area contributed by atoms with Crippen LogP contribution < -0.4 is 5.32 Å². The summed E-state index contributed by atoms with van der Waals surface area (Å²) < 4.78 is 2.07. The van der Waals surface area contributed by atoms with E-state index in [1.54, 1.807) is 18.1 Å². The van der Waals surface area contributed by atoms with E-state index in [1.807, 2.05) is 0 Å². The van der Waals surface area contributed by atoms with Crippen LogP contribution in [-0.2, 0) is 19.5 Å². The van der Waals surface area contributed by atoms with Crippen LogP contribution in [0.3, 0.4) is 0 Å². The number of aliphatic imine (C=N–C) groups is 1. The second-order valence-corrected chi connectivity index (χ2v) is 7.54. The number of aryl methyl sites for hydroxylation is 1. The summed E-state index contributed by atoms with van der Waals surface area (Å²) >= 11 is 1.76. The number of aromatic nitrogens is 3. The molecule has 0 bridgehead atoms. The van der Waals surface area contributed by atoms with Crippen molar-refractivity contribution >= 4 is 17.7 Å². The van der Waals surface area contributed by atoms with Crippen LogP contribution in [0.5, 0.6) is 0 Å². The molecule has 1 unspecified atom stereocenters. The molecule has 0 saturated heterocycles. The Hall–Kier alpha value is -2.02. The molecule has 1 atom stereocenters.